The highest BCUT2D eigenvalue weighted by molar-refractivity contribution is 6.35. The summed E-state index contributed by atoms with van der Waals surface area (Å²) in [5.41, 5.74) is 0.692. The minimum absolute atomic E-state index is 0.281. The van der Waals surface area contributed by atoms with E-state index in [1.807, 2.05) is 13.8 Å². The quantitative estimate of drug-likeness (QED) is 0.849. The molecule has 0 aromatic heterocycles. The van der Waals surface area contributed by atoms with Gasteiger partial charge in [-0.15, -0.1) is 0 Å². The number of carbonyl (C=O) groups is 1. The van der Waals surface area contributed by atoms with E-state index in [9.17, 15) is 15.2 Å². The fourth-order valence-corrected chi connectivity index (χ4v) is 3.12. The summed E-state index contributed by atoms with van der Waals surface area (Å²) in [4.78, 5) is 11.2. The van der Waals surface area contributed by atoms with Gasteiger partial charge in [0.2, 0.25) is 0 Å². The first-order valence-electron chi connectivity index (χ1n) is 6.08. The van der Waals surface area contributed by atoms with Crippen LogP contribution in [-0.2, 0) is 4.79 Å². The van der Waals surface area contributed by atoms with Crippen LogP contribution in [-0.4, -0.2) is 11.1 Å². The maximum Gasteiger partial charge on any atom is 0.307 e. The number of nitrogens with zero attached hydrogens (tertiary/aromatic N) is 1. The van der Waals surface area contributed by atoms with Gasteiger partial charge in [0.05, 0.1) is 12.0 Å². The average molecular weight is 310 g/mol. The van der Waals surface area contributed by atoms with Crippen molar-refractivity contribution >= 4 is 35.2 Å². The van der Waals surface area contributed by atoms with Crippen molar-refractivity contribution in [1.82, 2.24) is 0 Å². The molecule has 1 aliphatic carbocycles. The molecule has 20 heavy (non-hydrogen) atoms. The fraction of sp³-hybridized carbons (Fsp3) is 0.333. The summed E-state index contributed by atoms with van der Waals surface area (Å²) in [6.45, 7) is 3.70. The lowest BCUT2D eigenvalue weighted by Gasteiger charge is -2.03. The lowest BCUT2D eigenvalue weighted by Crippen LogP contribution is -2.03. The van der Waals surface area contributed by atoms with Gasteiger partial charge in [0.15, 0.2) is 0 Å². The molecule has 0 amide bonds. The highest BCUT2D eigenvalue weighted by Gasteiger charge is 2.63. The van der Waals surface area contributed by atoms with Crippen molar-refractivity contribution in [2.45, 2.75) is 13.8 Å². The molecule has 1 aromatic rings. The molecule has 1 aliphatic rings. The third-order valence-electron chi connectivity index (χ3n) is 3.83. The van der Waals surface area contributed by atoms with Crippen molar-refractivity contribution in [2.24, 2.45) is 17.3 Å². The molecule has 0 heterocycles. The van der Waals surface area contributed by atoms with E-state index in [1.165, 1.54) is 0 Å². The van der Waals surface area contributed by atoms with Crippen LogP contribution in [0, 0.1) is 28.6 Å². The number of rotatable bonds is 3. The zero-order valence-electron chi connectivity index (χ0n) is 11.0. The highest BCUT2D eigenvalue weighted by atomic mass is 35.5. The molecule has 1 N–H and O–H groups in total. The van der Waals surface area contributed by atoms with Crippen LogP contribution in [0.4, 0.5) is 0 Å². The highest BCUT2D eigenvalue weighted by Crippen LogP contribution is 2.61. The Hall–Kier alpha value is -1.50. The maximum absolute atomic E-state index is 11.2. The van der Waals surface area contributed by atoms with Crippen LogP contribution in [0.25, 0.3) is 6.08 Å². The number of carboxylic acids is 1. The minimum Gasteiger partial charge on any atom is -0.481 e. The average Bonchev–Trinajstić information content (AvgIpc) is 2.91. The van der Waals surface area contributed by atoms with E-state index in [2.05, 4.69) is 6.07 Å². The summed E-state index contributed by atoms with van der Waals surface area (Å²) in [7, 11) is 0. The smallest absolute Gasteiger partial charge is 0.307 e. The number of halogens is 2. The Bertz CT molecular complexity index is 644. The fourth-order valence-electron chi connectivity index (χ4n) is 2.66. The van der Waals surface area contributed by atoms with Crippen LogP contribution in [0.3, 0.4) is 0 Å². The molecule has 0 spiro atoms. The molecular formula is C15H13Cl2NO2. The van der Waals surface area contributed by atoms with E-state index >= 15 is 0 Å². The van der Waals surface area contributed by atoms with Crippen LogP contribution in [0.5, 0.6) is 0 Å². The summed E-state index contributed by atoms with van der Waals surface area (Å²) in [5, 5.41) is 19.4. The van der Waals surface area contributed by atoms with Gasteiger partial charge in [0.25, 0.3) is 0 Å². The summed E-state index contributed by atoms with van der Waals surface area (Å²) in [6.07, 6.45) is 1.65. The molecule has 0 saturated heterocycles. The first-order valence-corrected chi connectivity index (χ1v) is 6.84. The predicted octanol–water partition coefficient (Wildman–Crippen LogP) is 4.26. The minimum atomic E-state index is -0.872. The van der Waals surface area contributed by atoms with Crippen molar-refractivity contribution in [3.8, 4) is 6.07 Å². The third-order valence-corrected chi connectivity index (χ3v) is 4.39. The van der Waals surface area contributed by atoms with Gasteiger partial charge in [-0.1, -0.05) is 43.1 Å². The molecule has 1 fully saturated rings. The Morgan fingerprint density at radius 1 is 1.40 bits per heavy atom. The number of allylic oxidation sites excluding steroid dienone is 1. The molecule has 3 nitrogen and oxygen atoms in total. The van der Waals surface area contributed by atoms with Crippen LogP contribution in [0.15, 0.2) is 23.8 Å². The zero-order valence-corrected chi connectivity index (χ0v) is 12.5. The SMILES string of the molecule is CC1(C)[C@H](C(=O)O)[C@H]1C(C#N)=Cc1ccc(Cl)cc1Cl. The van der Waals surface area contributed by atoms with Crippen molar-refractivity contribution < 1.29 is 9.90 Å². The third kappa shape index (κ3) is 2.54. The molecule has 0 bridgehead atoms. The van der Waals surface area contributed by atoms with Crippen molar-refractivity contribution in [2.75, 3.05) is 0 Å². The lowest BCUT2D eigenvalue weighted by molar-refractivity contribution is -0.139. The summed E-state index contributed by atoms with van der Waals surface area (Å²) in [6, 6.07) is 7.09. The predicted molar refractivity (Wildman–Crippen MR) is 78.4 cm³/mol. The van der Waals surface area contributed by atoms with Gasteiger partial charge < -0.3 is 5.11 Å². The number of carboxylic acid groups (broad SMARTS) is 1. The van der Waals surface area contributed by atoms with E-state index in [1.54, 1.807) is 24.3 Å². The molecule has 0 radical (unpaired) electrons. The molecule has 1 saturated carbocycles. The van der Waals surface area contributed by atoms with E-state index in [0.717, 1.165) is 0 Å². The standard InChI is InChI=1S/C15H13Cl2NO2/c1-15(2)12(13(15)14(19)20)9(7-18)5-8-3-4-10(16)6-11(8)17/h3-6,12-13H,1-2H3,(H,19,20)/t12-,13+/m1/s1. The first kappa shape index (κ1) is 14.9. The number of aliphatic carboxylic acids is 1. The van der Waals surface area contributed by atoms with Crippen molar-refractivity contribution in [3.05, 3.63) is 39.4 Å². The van der Waals surface area contributed by atoms with Gasteiger partial charge in [-0.3, -0.25) is 4.79 Å². The van der Waals surface area contributed by atoms with Crippen LogP contribution in [0.2, 0.25) is 10.0 Å². The molecule has 0 unspecified atom stereocenters. The van der Waals surface area contributed by atoms with Crippen molar-refractivity contribution in [1.29, 1.82) is 5.26 Å². The van der Waals surface area contributed by atoms with Gasteiger partial charge in [0.1, 0.15) is 0 Å². The molecule has 5 heteroatoms. The molecule has 104 valence electrons. The maximum atomic E-state index is 11.2. The topological polar surface area (TPSA) is 61.1 Å². The van der Waals surface area contributed by atoms with E-state index in [4.69, 9.17) is 23.2 Å². The zero-order chi connectivity index (χ0) is 15.1. The Morgan fingerprint density at radius 3 is 2.50 bits per heavy atom. The Balaban J connectivity index is 2.37. The summed E-state index contributed by atoms with van der Waals surface area (Å²) >= 11 is 11.9. The Kier molecular flexibility index (Phi) is 3.82. The lowest BCUT2D eigenvalue weighted by atomic mass is 10.0. The van der Waals surface area contributed by atoms with Crippen molar-refractivity contribution in [3.63, 3.8) is 0 Å². The van der Waals surface area contributed by atoms with Crippen LogP contribution < -0.4 is 0 Å². The van der Waals surface area contributed by atoms with E-state index < -0.39 is 17.3 Å². The van der Waals surface area contributed by atoms with Gasteiger partial charge >= 0.3 is 5.97 Å². The molecule has 1 aromatic carbocycles. The second kappa shape index (κ2) is 5.12. The molecule has 2 rings (SSSR count). The second-order valence-electron chi connectivity index (χ2n) is 5.49. The summed E-state index contributed by atoms with van der Waals surface area (Å²) in [5.74, 6) is -1.68. The largest absolute Gasteiger partial charge is 0.481 e. The Morgan fingerprint density at radius 2 is 2.05 bits per heavy atom. The van der Waals surface area contributed by atoms with Crippen LogP contribution >= 0.6 is 23.2 Å². The number of nitriles is 1. The Labute approximate surface area is 127 Å². The number of benzene rings is 1. The van der Waals surface area contributed by atoms with E-state index in [0.29, 0.717) is 21.2 Å². The normalized spacial score (nSPS) is 24.1. The van der Waals surface area contributed by atoms with E-state index in [-0.39, 0.29) is 5.92 Å². The van der Waals surface area contributed by atoms with Crippen LogP contribution in [0.1, 0.15) is 19.4 Å². The first-order chi connectivity index (χ1) is 9.28. The second-order valence-corrected chi connectivity index (χ2v) is 6.34. The number of hydrogen-bond acceptors (Lipinski definition) is 2. The summed E-state index contributed by atoms with van der Waals surface area (Å²) < 4.78 is 0. The van der Waals surface area contributed by atoms with Gasteiger partial charge in [0, 0.05) is 21.5 Å². The molecule has 2 atom stereocenters. The number of hydrogen-bond donors (Lipinski definition) is 1. The monoisotopic (exact) mass is 309 g/mol. The molecule has 0 aliphatic heterocycles. The van der Waals surface area contributed by atoms with Gasteiger partial charge in [-0.2, -0.15) is 5.26 Å². The molecular weight excluding hydrogens is 297 g/mol. The van der Waals surface area contributed by atoms with Gasteiger partial charge in [-0.05, 0) is 29.2 Å². The van der Waals surface area contributed by atoms with Gasteiger partial charge in [-0.25, -0.2) is 0 Å².